The number of nitrogens with zero attached hydrogens (tertiary/aromatic N) is 4. The third-order valence-electron chi connectivity index (χ3n) is 2.17. The molecule has 0 unspecified atom stereocenters. The van der Waals surface area contributed by atoms with Gasteiger partial charge >= 0.3 is 0 Å². The molecule has 0 radical (unpaired) electrons. The van der Waals surface area contributed by atoms with Crippen molar-refractivity contribution in [2.24, 2.45) is 0 Å². The highest BCUT2D eigenvalue weighted by Gasteiger charge is 2.02. The van der Waals surface area contributed by atoms with Gasteiger partial charge in [0, 0.05) is 13.0 Å². The van der Waals surface area contributed by atoms with Gasteiger partial charge in [0.25, 0.3) is 0 Å². The van der Waals surface area contributed by atoms with Crippen molar-refractivity contribution in [3.63, 3.8) is 0 Å². The molecule has 0 aliphatic rings. The van der Waals surface area contributed by atoms with Gasteiger partial charge in [0.2, 0.25) is 0 Å². The first kappa shape index (κ1) is 10.9. The van der Waals surface area contributed by atoms with Crippen molar-refractivity contribution in [3.8, 4) is 6.07 Å². The smallest absolute Gasteiger partial charge is 0.165 e. The van der Waals surface area contributed by atoms with E-state index < -0.39 is 0 Å². The summed E-state index contributed by atoms with van der Waals surface area (Å²) in [5.74, 6) is 1.42. The van der Waals surface area contributed by atoms with Crippen LogP contribution < -0.4 is 11.1 Å². The lowest BCUT2D eigenvalue weighted by atomic mass is 10.3. The number of nitriles is 1. The number of hydrogen-bond donors (Lipinski definition) is 3. The van der Waals surface area contributed by atoms with Crippen molar-refractivity contribution in [2.75, 3.05) is 17.6 Å². The van der Waals surface area contributed by atoms with E-state index in [-0.39, 0.29) is 5.69 Å². The Morgan fingerprint density at radius 2 is 2.35 bits per heavy atom. The van der Waals surface area contributed by atoms with Gasteiger partial charge in [0.1, 0.15) is 24.0 Å². The van der Waals surface area contributed by atoms with Crippen molar-refractivity contribution in [1.82, 2.24) is 20.2 Å². The minimum absolute atomic E-state index is 0.231. The van der Waals surface area contributed by atoms with E-state index in [0.29, 0.717) is 24.5 Å². The quantitative estimate of drug-likeness (QED) is 0.694. The van der Waals surface area contributed by atoms with E-state index >= 15 is 0 Å². The molecule has 0 bridgehead atoms. The molecule has 0 aliphatic carbocycles. The molecule has 2 rings (SSSR count). The molecule has 2 heterocycles. The Balaban J connectivity index is 1.93. The predicted octanol–water partition coefficient (Wildman–Crippen LogP) is 0.308. The highest BCUT2D eigenvalue weighted by Crippen LogP contribution is 2.11. The number of rotatable bonds is 4. The summed E-state index contributed by atoms with van der Waals surface area (Å²) in [6.07, 6.45) is 2.17. The lowest BCUT2D eigenvalue weighted by molar-refractivity contribution is 0.897. The normalized spacial score (nSPS) is 9.82. The van der Waals surface area contributed by atoms with Gasteiger partial charge in [-0.15, -0.1) is 0 Å². The molecule has 0 spiro atoms. The van der Waals surface area contributed by atoms with Crippen LogP contribution in [0.2, 0.25) is 0 Å². The summed E-state index contributed by atoms with van der Waals surface area (Å²) in [5, 5.41) is 18.4. The molecule has 0 fully saturated rings. The lowest BCUT2D eigenvalue weighted by Crippen LogP contribution is -2.08. The lowest BCUT2D eigenvalue weighted by Gasteiger charge is -2.05. The molecule has 0 atom stereocenters. The average molecular weight is 229 g/mol. The second kappa shape index (κ2) is 4.94. The van der Waals surface area contributed by atoms with Gasteiger partial charge in [-0.25, -0.2) is 9.97 Å². The summed E-state index contributed by atoms with van der Waals surface area (Å²) < 4.78 is 0. The predicted molar refractivity (Wildman–Crippen MR) is 61.9 cm³/mol. The molecule has 0 saturated heterocycles. The molecule has 2 aromatic heterocycles. The summed E-state index contributed by atoms with van der Waals surface area (Å²) in [7, 11) is 0. The van der Waals surface area contributed by atoms with Gasteiger partial charge in [-0.05, 0) is 12.1 Å². The second-order valence-corrected chi connectivity index (χ2v) is 3.36. The van der Waals surface area contributed by atoms with Crippen molar-refractivity contribution >= 4 is 11.5 Å². The number of nitrogens with one attached hydrogen (secondary N) is 2. The van der Waals surface area contributed by atoms with Crippen molar-refractivity contribution in [2.45, 2.75) is 6.42 Å². The largest absolute Gasteiger partial charge is 0.396 e. The van der Waals surface area contributed by atoms with Crippen LogP contribution in [0.4, 0.5) is 11.5 Å². The first-order valence-corrected chi connectivity index (χ1v) is 5.04. The maximum atomic E-state index is 8.77. The Hall–Kier alpha value is -2.62. The van der Waals surface area contributed by atoms with Crippen molar-refractivity contribution in [3.05, 3.63) is 30.0 Å². The topological polar surface area (TPSA) is 116 Å². The first-order valence-electron chi connectivity index (χ1n) is 5.04. The van der Waals surface area contributed by atoms with Crippen LogP contribution in [0.5, 0.6) is 0 Å². The Labute approximate surface area is 97.7 Å². The highest BCUT2D eigenvalue weighted by molar-refractivity contribution is 5.54. The van der Waals surface area contributed by atoms with Crippen molar-refractivity contribution in [1.29, 1.82) is 5.26 Å². The third kappa shape index (κ3) is 2.69. The average Bonchev–Trinajstić information content (AvgIpc) is 2.84. The summed E-state index contributed by atoms with van der Waals surface area (Å²) in [4.78, 5) is 8.06. The van der Waals surface area contributed by atoms with E-state index in [9.17, 15) is 0 Å². The molecular formula is C10H11N7. The Morgan fingerprint density at radius 3 is 3.06 bits per heavy atom. The van der Waals surface area contributed by atoms with Gasteiger partial charge < -0.3 is 11.1 Å². The molecular weight excluding hydrogens is 218 g/mol. The Morgan fingerprint density at radius 1 is 1.47 bits per heavy atom. The van der Waals surface area contributed by atoms with Gasteiger partial charge in [-0.1, -0.05) is 0 Å². The van der Waals surface area contributed by atoms with Gasteiger partial charge in [-0.2, -0.15) is 10.4 Å². The molecule has 0 aliphatic heterocycles. The van der Waals surface area contributed by atoms with Crippen LogP contribution in [0, 0.1) is 11.3 Å². The number of aromatic amines is 1. The maximum absolute atomic E-state index is 8.77. The molecule has 86 valence electrons. The van der Waals surface area contributed by atoms with Gasteiger partial charge in [0.15, 0.2) is 5.69 Å². The van der Waals surface area contributed by atoms with Crippen LogP contribution in [-0.2, 0) is 6.42 Å². The van der Waals surface area contributed by atoms with Crippen LogP contribution >= 0.6 is 0 Å². The number of pyridine rings is 1. The third-order valence-corrected chi connectivity index (χ3v) is 2.17. The van der Waals surface area contributed by atoms with Crippen molar-refractivity contribution < 1.29 is 0 Å². The number of anilines is 2. The van der Waals surface area contributed by atoms with Gasteiger partial charge in [0.05, 0.1) is 5.69 Å². The molecule has 7 nitrogen and oxygen atoms in total. The summed E-state index contributed by atoms with van der Waals surface area (Å²) in [6.45, 7) is 0.650. The summed E-state index contributed by atoms with van der Waals surface area (Å²) in [5.41, 5.74) is 6.18. The maximum Gasteiger partial charge on any atom is 0.165 e. The fraction of sp³-hybridized carbons (Fsp3) is 0.200. The van der Waals surface area contributed by atoms with Gasteiger partial charge in [-0.3, -0.25) is 5.10 Å². The zero-order valence-corrected chi connectivity index (χ0v) is 9.01. The van der Waals surface area contributed by atoms with E-state index in [2.05, 4.69) is 25.5 Å². The number of nitrogen functional groups attached to an aromatic ring is 1. The highest BCUT2D eigenvalue weighted by atomic mass is 15.2. The van der Waals surface area contributed by atoms with E-state index in [1.165, 1.54) is 6.33 Å². The van der Waals surface area contributed by atoms with Crippen LogP contribution in [0.25, 0.3) is 0 Å². The van der Waals surface area contributed by atoms with Crippen LogP contribution in [0.1, 0.15) is 11.5 Å². The number of H-pyrrole nitrogens is 1. The van der Waals surface area contributed by atoms with E-state index in [4.69, 9.17) is 11.0 Å². The molecule has 0 aromatic carbocycles. The number of hydrogen-bond acceptors (Lipinski definition) is 6. The number of nitrogens with two attached hydrogens (primary N) is 1. The fourth-order valence-corrected chi connectivity index (χ4v) is 1.32. The van der Waals surface area contributed by atoms with Crippen LogP contribution in [0.3, 0.4) is 0 Å². The summed E-state index contributed by atoms with van der Waals surface area (Å²) in [6, 6.07) is 5.32. The van der Waals surface area contributed by atoms with E-state index in [1.807, 2.05) is 6.07 Å². The molecule has 0 saturated carbocycles. The molecule has 0 amide bonds. The number of aromatic nitrogens is 4. The zero-order valence-electron chi connectivity index (χ0n) is 9.01. The minimum atomic E-state index is 0.231. The Bertz CT molecular complexity index is 526. The molecule has 4 N–H and O–H groups in total. The second-order valence-electron chi connectivity index (χ2n) is 3.36. The first-order chi connectivity index (χ1) is 8.29. The SMILES string of the molecule is N#Cc1nc(NCCc2ncn[nH]2)ccc1N. The van der Waals surface area contributed by atoms with Crippen LogP contribution in [-0.4, -0.2) is 26.7 Å². The Kier molecular flexibility index (Phi) is 3.16. The molecule has 7 heteroatoms. The zero-order chi connectivity index (χ0) is 12.1. The molecule has 2 aromatic rings. The minimum Gasteiger partial charge on any atom is -0.396 e. The monoisotopic (exact) mass is 229 g/mol. The van der Waals surface area contributed by atoms with Crippen LogP contribution in [0.15, 0.2) is 18.5 Å². The standard InChI is InChI=1S/C10H11N7/c11-5-8-7(12)1-2-9(16-8)13-4-3-10-14-6-15-17-10/h1-2,6H,3-4,12H2,(H,13,16)(H,14,15,17). The van der Waals surface area contributed by atoms with E-state index in [0.717, 1.165) is 5.82 Å². The molecule has 17 heavy (non-hydrogen) atoms. The fourth-order valence-electron chi connectivity index (χ4n) is 1.32. The van der Waals surface area contributed by atoms with E-state index in [1.54, 1.807) is 12.1 Å². The summed E-state index contributed by atoms with van der Waals surface area (Å²) >= 11 is 0.